The number of para-hydroxylation sites is 1. The van der Waals surface area contributed by atoms with Gasteiger partial charge in [-0.1, -0.05) is 29.8 Å². The van der Waals surface area contributed by atoms with Crippen molar-refractivity contribution in [3.8, 4) is 11.6 Å². The number of rotatable bonds is 4. The second-order valence-corrected chi connectivity index (χ2v) is 6.60. The Hall–Kier alpha value is -3.59. The van der Waals surface area contributed by atoms with E-state index in [-0.39, 0.29) is 28.1 Å². The van der Waals surface area contributed by atoms with Gasteiger partial charge in [-0.05, 0) is 30.3 Å². The number of anilines is 3. The van der Waals surface area contributed by atoms with Crippen LogP contribution in [-0.2, 0) is 6.18 Å². The van der Waals surface area contributed by atoms with Crippen LogP contribution in [-0.4, -0.2) is 15.0 Å². The molecule has 10 heteroatoms. The fraction of sp³-hybridized carbons (Fsp3) is 0.0500. The number of pyridine rings is 1. The first-order chi connectivity index (χ1) is 14.3. The van der Waals surface area contributed by atoms with E-state index in [1.54, 1.807) is 24.4 Å². The monoisotopic (exact) mass is 431 g/mol. The Morgan fingerprint density at radius 2 is 1.80 bits per heavy atom. The molecule has 30 heavy (non-hydrogen) atoms. The number of hydrogen-bond donors (Lipinski definition) is 2. The van der Waals surface area contributed by atoms with E-state index in [2.05, 4.69) is 20.3 Å². The van der Waals surface area contributed by atoms with Crippen LogP contribution < -0.4 is 15.8 Å². The maximum absolute atomic E-state index is 13.0. The topological polar surface area (TPSA) is 86.0 Å². The van der Waals surface area contributed by atoms with E-state index in [0.717, 1.165) is 23.6 Å². The average Bonchev–Trinajstić information content (AvgIpc) is 2.72. The van der Waals surface area contributed by atoms with E-state index in [1.807, 2.05) is 12.1 Å². The molecule has 4 rings (SSSR count). The molecule has 0 aliphatic heterocycles. The van der Waals surface area contributed by atoms with Crippen molar-refractivity contribution in [2.75, 3.05) is 11.1 Å². The summed E-state index contributed by atoms with van der Waals surface area (Å²) in [5.41, 5.74) is 5.84. The summed E-state index contributed by atoms with van der Waals surface area (Å²) < 4.78 is 44.8. The van der Waals surface area contributed by atoms with Crippen molar-refractivity contribution in [3.05, 3.63) is 71.6 Å². The molecule has 0 fully saturated rings. The van der Waals surface area contributed by atoms with Crippen LogP contribution in [0.25, 0.3) is 10.9 Å². The fourth-order valence-electron chi connectivity index (χ4n) is 2.75. The number of nitrogens with zero attached hydrogens (tertiary/aromatic N) is 3. The molecule has 6 nitrogen and oxygen atoms in total. The van der Waals surface area contributed by atoms with Gasteiger partial charge < -0.3 is 15.8 Å². The van der Waals surface area contributed by atoms with E-state index in [4.69, 9.17) is 22.1 Å². The van der Waals surface area contributed by atoms with Gasteiger partial charge in [-0.3, -0.25) is 4.98 Å². The molecule has 0 aliphatic carbocycles. The van der Waals surface area contributed by atoms with Crippen LogP contribution in [0, 0.1) is 0 Å². The SMILES string of the molecule is Nc1c(Nc2cc(C(F)(F)F)ccc2Cl)ncnc1Oc1cccc2cccnc12. The Morgan fingerprint density at radius 1 is 1.00 bits per heavy atom. The van der Waals surface area contributed by atoms with Gasteiger partial charge in [0.2, 0.25) is 5.88 Å². The van der Waals surface area contributed by atoms with Crippen LogP contribution in [0.2, 0.25) is 5.02 Å². The van der Waals surface area contributed by atoms with Crippen LogP contribution in [0.15, 0.2) is 61.1 Å². The molecule has 0 saturated carbocycles. The molecule has 0 atom stereocenters. The standard InChI is InChI=1S/C20H13ClF3N5O/c21-13-7-6-12(20(22,23)24)9-14(13)29-18-16(25)19(28-10-27-18)30-15-5-1-3-11-4-2-8-26-17(11)15/h1-10H,25H2,(H,27,28,29). The molecule has 0 unspecified atom stereocenters. The number of hydrogen-bond acceptors (Lipinski definition) is 6. The largest absolute Gasteiger partial charge is 0.435 e. The molecule has 0 amide bonds. The predicted molar refractivity (Wildman–Crippen MR) is 108 cm³/mol. The van der Waals surface area contributed by atoms with Crippen molar-refractivity contribution < 1.29 is 17.9 Å². The van der Waals surface area contributed by atoms with Crippen molar-refractivity contribution in [1.29, 1.82) is 0 Å². The molecule has 2 aromatic heterocycles. The third kappa shape index (κ3) is 3.92. The Bertz CT molecular complexity index is 1230. The minimum atomic E-state index is -4.52. The zero-order chi connectivity index (χ0) is 21.3. The zero-order valence-electron chi connectivity index (χ0n) is 15.1. The summed E-state index contributed by atoms with van der Waals surface area (Å²) in [6.07, 6.45) is -1.72. The van der Waals surface area contributed by atoms with Gasteiger partial charge in [0, 0.05) is 11.6 Å². The maximum Gasteiger partial charge on any atom is 0.416 e. The number of benzene rings is 2. The number of alkyl halides is 3. The molecule has 4 aromatic rings. The molecule has 2 aromatic carbocycles. The number of halogens is 4. The number of nitrogen functional groups attached to an aromatic ring is 1. The molecule has 152 valence electrons. The van der Waals surface area contributed by atoms with E-state index in [1.165, 1.54) is 6.33 Å². The molecular weight excluding hydrogens is 419 g/mol. The quantitative estimate of drug-likeness (QED) is 0.423. The van der Waals surface area contributed by atoms with Crippen molar-refractivity contribution in [2.24, 2.45) is 0 Å². The molecular formula is C20H13ClF3N5O. The third-order valence-corrected chi connectivity index (χ3v) is 4.53. The van der Waals surface area contributed by atoms with Crippen molar-refractivity contribution in [1.82, 2.24) is 15.0 Å². The van der Waals surface area contributed by atoms with Gasteiger partial charge in [0.1, 0.15) is 17.5 Å². The smallest absolute Gasteiger partial charge is 0.416 e. The third-order valence-electron chi connectivity index (χ3n) is 4.20. The zero-order valence-corrected chi connectivity index (χ0v) is 15.9. The van der Waals surface area contributed by atoms with Crippen LogP contribution in [0.5, 0.6) is 11.6 Å². The first-order valence-corrected chi connectivity index (χ1v) is 8.96. The van der Waals surface area contributed by atoms with Crippen LogP contribution in [0.1, 0.15) is 5.56 Å². The Kier molecular flexibility index (Phi) is 5.04. The second-order valence-electron chi connectivity index (χ2n) is 6.19. The lowest BCUT2D eigenvalue weighted by molar-refractivity contribution is -0.137. The number of nitrogens with two attached hydrogens (primary N) is 1. The van der Waals surface area contributed by atoms with Gasteiger partial charge >= 0.3 is 6.18 Å². The Morgan fingerprint density at radius 3 is 2.60 bits per heavy atom. The van der Waals surface area contributed by atoms with Gasteiger partial charge in [0.15, 0.2) is 11.6 Å². The van der Waals surface area contributed by atoms with Crippen LogP contribution in [0.3, 0.4) is 0 Å². The Labute approximate surface area is 173 Å². The lowest BCUT2D eigenvalue weighted by Gasteiger charge is -2.14. The van der Waals surface area contributed by atoms with E-state index in [9.17, 15) is 13.2 Å². The summed E-state index contributed by atoms with van der Waals surface area (Å²) >= 11 is 6.03. The van der Waals surface area contributed by atoms with Crippen molar-refractivity contribution in [2.45, 2.75) is 6.18 Å². The number of ether oxygens (including phenoxy) is 1. The first kappa shape index (κ1) is 19.7. The molecule has 0 bridgehead atoms. The Balaban J connectivity index is 1.67. The molecule has 0 aliphatic rings. The molecule has 0 radical (unpaired) electrons. The first-order valence-electron chi connectivity index (χ1n) is 8.59. The summed E-state index contributed by atoms with van der Waals surface area (Å²) in [7, 11) is 0. The lowest BCUT2D eigenvalue weighted by Crippen LogP contribution is -2.07. The number of nitrogens with one attached hydrogen (secondary N) is 1. The van der Waals surface area contributed by atoms with E-state index >= 15 is 0 Å². The normalized spacial score (nSPS) is 11.5. The summed E-state index contributed by atoms with van der Waals surface area (Å²) in [6.45, 7) is 0. The fourth-order valence-corrected chi connectivity index (χ4v) is 2.91. The summed E-state index contributed by atoms with van der Waals surface area (Å²) in [5, 5.41) is 3.64. The molecule has 3 N–H and O–H groups in total. The van der Waals surface area contributed by atoms with Gasteiger partial charge in [-0.25, -0.2) is 4.98 Å². The maximum atomic E-state index is 13.0. The molecule has 0 saturated heterocycles. The van der Waals surface area contributed by atoms with Crippen molar-refractivity contribution >= 4 is 39.7 Å². The summed E-state index contributed by atoms with van der Waals surface area (Å²) in [4.78, 5) is 12.3. The van der Waals surface area contributed by atoms with Gasteiger partial charge in [-0.15, -0.1) is 0 Å². The number of fused-ring (bicyclic) bond motifs is 1. The second kappa shape index (κ2) is 7.68. The van der Waals surface area contributed by atoms with Crippen LogP contribution >= 0.6 is 11.6 Å². The van der Waals surface area contributed by atoms with Crippen LogP contribution in [0.4, 0.5) is 30.4 Å². The highest BCUT2D eigenvalue weighted by Crippen LogP contribution is 2.37. The van der Waals surface area contributed by atoms with Gasteiger partial charge in [0.25, 0.3) is 0 Å². The van der Waals surface area contributed by atoms with E-state index < -0.39 is 11.7 Å². The molecule has 2 heterocycles. The minimum absolute atomic E-state index is 0.00101. The summed E-state index contributed by atoms with van der Waals surface area (Å²) in [6, 6.07) is 11.9. The molecule has 0 spiro atoms. The van der Waals surface area contributed by atoms with Gasteiger partial charge in [0.05, 0.1) is 16.3 Å². The number of aromatic nitrogens is 3. The minimum Gasteiger partial charge on any atom is -0.435 e. The van der Waals surface area contributed by atoms with Crippen molar-refractivity contribution in [3.63, 3.8) is 0 Å². The highest BCUT2D eigenvalue weighted by Gasteiger charge is 2.31. The lowest BCUT2D eigenvalue weighted by atomic mass is 10.2. The van der Waals surface area contributed by atoms with E-state index in [0.29, 0.717) is 11.3 Å². The van der Waals surface area contributed by atoms with Gasteiger partial charge in [-0.2, -0.15) is 18.2 Å². The predicted octanol–water partition coefficient (Wildman–Crippen LogP) is 5.82. The average molecular weight is 432 g/mol. The highest BCUT2D eigenvalue weighted by atomic mass is 35.5. The highest BCUT2D eigenvalue weighted by molar-refractivity contribution is 6.33. The summed E-state index contributed by atoms with van der Waals surface area (Å²) in [5.74, 6) is 0.490.